The molecule has 0 bridgehead atoms. The Labute approximate surface area is 451 Å². The monoisotopic (exact) mass is 1040 g/mol. The molecule has 13 heteroatoms. The Morgan fingerprint density at radius 2 is 0.397 bits per heavy atom. The summed E-state index contributed by atoms with van der Waals surface area (Å²) in [5.74, 6) is -6.11. The van der Waals surface area contributed by atoms with Crippen LogP contribution in [0.4, 0.5) is 0 Å². The summed E-state index contributed by atoms with van der Waals surface area (Å²) in [5, 5.41) is 84.7. The molecule has 0 aliphatic carbocycles. The normalized spacial score (nSPS) is 12.4. The summed E-state index contributed by atoms with van der Waals surface area (Å²) < 4.78 is 0. The van der Waals surface area contributed by atoms with E-state index >= 15 is 0 Å². The Kier molecular flexibility index (Phi) is 21.8. The van der Waals surface area contributed by atoms with Crippen molar-refractivity contribution in [1.82, 2.24) is 0 Å². The van der Waals surface area contributed by atoms with Crippen molar-refractivity contribution in [2.24, 2.45) is 0 Å². The average Bonchev–Trinajstić information content (AvgIpc) is 3.14. The van der Waals surface area contributed by atoms with E-state index in [1.54, 1.807) is 0 Å². The van der Waals surface area contributed by atoms with Gasteiger partial charge in [-0.1, -0.05) is 190 Å². The third-order valence-corrected chi connectivity index (χ3v) is 12.0. The number of phenols is 4. The van der Waals surface area contributed by atoms with E-state index in [0.717, 1.165) is 22.3 Å². The molecule has 400 valence electrons. The fourth-order valence-electron chi connectivity index (χ4n) is 7.18. The van der Waals surface area contributed by atoms with Crippen molar-refractivity contribution in [1.29, 1.82) is 0 Å². The van der Waals surface area contributed by atoms with E-state index < -0.39 is 23.9 Å². The zero-order valence-electron chi connectivity index (χ0n) is 48.2. The van der Waals surface area contributed by atoms with Crippen molar-refractivity contribution in [2.45, 2.75) is 209 Å². The number of rotatable bonds is 4. The molecule has 12 nitrogen and oxygen atoms in total. The molecule has 4 N–H and O–H groups in total. The SMILES string of the molecule is CC(C)(C)c1cc(C(=O)[O-])c(O)c(C(C)(C)C)c1.CC(C)(C)c1cc(C(=O)[O-])c(O)c(C(C)(C)C)c1.CC(C)(C)c1cc(C(=O)[O-])c(O)c(C(C)(C)C)c1.CC(C)(C)c1cc(C(=O)[O-])c(O)c(C(C)(C)C)c1.[Ti+4]. The van der Waals surface area contributed by atoms with Crippen LogP contribution in [0.3, 0.4) is 0 Å². The third kappa shape index (κ3) is 18.5. The molecule has 0 heterocycles. The molecule has 0 saturated carbocycles. The molecule has 0 amide bonds. The van der Waals surface area contributed by atoms with Gasteiger partial charge >= 0.3 is 21.7 Å². The molecule has 4 aromatic carbocycles. The van der Waals surface area contributed by atoms with Gasteiger partial charge in [0.15, 0.2) is 0 Å². The smallest absolute Gasteiger partial charge is 0.545 e. The minimum Gasteiger partial charge on any atom is -0.545 e. The predicted octanol–water partition coefficient (Wildman–Crippen LogP) is 9.40. The van der Waals surface area contributed by atoms with E-state index in [1.807, 2.05) is 190 Å². The van der Waals surface area contributed by atoms with Gasteiger partial charge in [0, 0.05) is 44.5 Å². The predicted molar refractivity (Wildman–Crippen MR) is 279 cm³/mol. The summed E-state index contributed by atoms with van der Waals surface area (Å²) in [5.41, 5.74) is 3.50. The Morgan fingerprint density at radius 1 is 0.274 bits per heavy atom. The molecule has 4 aromatic rings. The number of carbonyl (C=O) groups is 4. The summed E-state index contributed by atoms with van der Waals surface area (Å²) in [6.07, 6.45) is 0. The van der Waals surface area contributed by atoms with Crippen LogP contribution in [0, 0.1) is 0 Å². The summed E-state index contributed by atoms with van der Waals surface area (Å²) >= 11 is 0. The maximum atomic E-state index is 11.1. The average molecular weight is 1050 g/mol. The fraction of sp³-hybridized carbons (Fsp3) is 0.533. The van der Waals surface area contributed by atoms with E-state index in [0.29, 0.717) is 22.3 Å². The second-order valence-electron chi connectivity index (χ2n) is 26.8. The van der Waals surface area contributed by atoms with Gasteiger partial charge in [0.05, 0.1) is 23.9 Å². The van der Waals surface area contributed by atoms with E-state index in [2.05, 4.69) is 0 Å². The number of benzene rings is 4. The number of carboxylic acids is 4. The minimum absolute atomic E-state index is 0. The maximum absolute atomic E-state index is 11.1. The standard InChI is InChI=1S/4C15H22O3.Ti/c4*1-14(2,3)9-7-10(13(17)18)12(16)11(8-9)15(4,5)6;/h4*7-8,16H,1-6H3,(H,17,18);/q;;;;+4/p-4. The number of aromatic hydroxyl groups is 4. The van der Waals surface area contributed by atoms with Crippen molar-refractivity contribution in [2.75, 3.05) is 0 Å². The van der Waals surface area contributed by atoms with Crippen LogP contribution in [0.15, 0.2) is 48.5 Å². The summed E-state index contributed by atoms with van der Waals surface area (Å²) in [4.78, 5) is 44.4. The van der Waals surface area contributed by atoms with Crippen LogP contribution in [0.25, 0.3) is 0 Å². The van der Waals surface area contributed by atoms with Crippen LogP contribution < -0.4 is 20.4 Å². The van der Waals surface area contributed by atoms with Crippen molar-refractivity contribution >= 4 is 23.9 Å². The van der Waals surface area contributed by atoms with E-state index in [4.69, 9.17) is 0 Å². The molecule has 0 aliphatic heterocycles. The zero-order valence-corrected chi connectivity index (χ0v) is 49.7. The largest absolute Gasteiger partial charge is 4.00 e. The molecule has 0 spiro atoms. The van der Waals surface area contributed by atoms with Crippen LogP contribution in [0.1, 0.15) is 252 Å². The molecule has 0 aliphatic rings. The zero-order chi connectivity index (χ0) is 57.2. The molecule has 0 aromatic heterocycles. The Balaban J connectivity index is 0.000000943. The molecule has 4 rings (SSSR count). The fourth-order valence-corrected chi connectivity index (χ4v) is 7.18. The second-order valence-corrected chi connectivity index (χ2v) is 26.8. The number of aromatic carboxylic acids is 4. The summed E-state index contributed by atoms with van der Waals surface area (Å²) in [7, 11) is 0. The van der Waals surface area contributed by atoms with Gasteiger partial charge in [0.1, 0.15) is 23.0 Å². The minimum atomic E-state index is -1.34. The Morgan fingerprint density at radius 3 is 0.479 bits per heavy atom. The molecular formula is C60H84O12Ti. The van der Waals surface area contributed by atoms with Gasteiger partial charge in [0.25, 0.3) is 0 Å². The molecule has 0 atom stereocenters. The molecular weight excluding hydrogens is 961 g/mol. The number of carboxylic acid groups (broad SMARTS) is 4. The van der Waals surface area contributed by atoms with Crippen LogP contribution in [-0.4, -0.2) is 44.3 Å². The van der Waals surface area contributed by atoms with Crippen LogP contribution in [-0.2, 0) is 65.0 Å². The molecule has 0 unspecified atom stereocenters. The first-order chi connectivity index (χ1) is 31.8. The Bertz CT molecular complexity index is 2270. The summed E-state index contributed by atoms with van der Waals surface area (Å²) in [6, 6.07) is 13.5. The second kappa shape index (κ2) is 23.5. The van der Waals surface area contributed by atoms with E-state index in [1.165, 1.54) is 24.3 Å². The van der Waals surface area contributed by atoms with Gasteiger partial charge in [-0.3, -0.25) is 0 Å². The topological polar surface area (TPSA) is 241 Å². The summed E-state index contributed by atoms with van der Waals surface area (Å²) in [6.45, 7) is 47.3. The Hall–Kier alpha value is -5.33. The first kappa shape index (κ1) is 67.7. The molecule has 0 radical (unpaired) electrons. The first-order valence-corrected chi connectivity index (χ1v) is 24.1. The van der Waals surface area contributed by atoms with Crippen molar-refractivity contribution in [3.63, 3.8) is 0 Å². The number of carbonyl (C=O) groups excluding carboxylic acids is 4. The van der Waals surface area contributed by atoms with Crippen LogP contribution in [0.2, 0.25) is 0 Å². The molecule has 0 fully saturated rings. The van der Waals surface area contributed by atoms with Gasteiger partial charge in [-0.2, -0.15) is 0 Å². The van der Waals surface area contributed by atoms with E-state index in [-0.39, 0.29) is 110 Å². The maximum Gasteiger partial charge on any atom is 4.00 e. The van der Waals surface area contributed by atoms with Crippen molar-refractivity contribution in [3.05, 3.63) is 115 Å². The van der Waals surface area contributed by atoms with E-state index in [9.17, 15) is 60.0 Å². The quantitative estimate of drug-likeness (QED) is 0.140. The van der Waals surface area contributed by atoms with Crippen LogP contribution >= 0.6 is 0 Å². The molecule has 73 heavy (non-hydrogen) atoms. The van der Waals surface area contributed by atoms with Gasteiger partial charge in [-0.05, 0) is 89.8 Å². The third-order valence-electron chi connectivity index (χ3n) is 12.0. The van der Waals surface area contributed by atoms with Gasteiger partial charge in [0.2, 0.25) is 0 Å². The van der Waals surface area contributed by atoms with Crippen molar-refractivity contribution < 1.29 is 81.7 Å². The number of hydrogen-bond acceptors (Lipinski definition) is 12. The van der Waals surface area contributed by atoms with Gasteiger partial charge in [-0.25, -0.2) is 0 Å². The molecule has 0 saturated heterocycles. The van der Waals surface area contributed by atoms with Gasteiger partial charge < -0.3 is 60.0 Å². The van der Waals surface area contributed by atoms with Gasteiger partial charge in [-0.15, -0.1) is 0 Å². The number of hydrogen-bond donors (Lipinski definition) is 4. The van der Waals surface area contributed by atoms with Crippen molar-refractivity contribution in [3.8, 4) is 23.0 Å². The first-order valence-electron chi connectivity index (χ1n) is 24.1. The van der Waals surface area contributed by atoms with Crippen LogP contribution in [0.5, 0.6) is 23.0 Å².